The largest absolute Gasteiger partial charge is 0.524 e. The van der Waals surface area contributed by atoms with Crippen molar-refractivity contribution in [2.45, 2.75) is 20.3 Å². The van der Waals surface area contributed by atoms with Gasteiger partial charge in [0.1, 0.15) is 18.1 Å². The predicted molar refractivity (Wildman–Crippen MR) is 147 cm³/mol. The summed E-state index contributed by atoms with van der Waals surface area (Å²) >= 11 is 0. The van der Waals surface area contributed by atoms with Crippen LogP contribution < -0.4 is 9.26 Å². The molecule has 0 spiro atoms. The third-order valence-electron chi connectivity index (χ3n) is 5.72. The van der Waals surface area contributed by atoms with Gasteiger partial charge in [-0.05, 0) is 72.0 Å². The summed E-state index contributed by atoms with van der Waals surface area (Å²) in [5.41, 5.74) is 5.18. The maximum Gasteiger partial charge on any atom is 0.524 e. The predicted octanol–water partition coefficient (Wildman–Crippen LogP) is 6.35. The number of benzene rings is 3. The highest BCUT2D eigenvalue weighted by Crippen LogP contribution is 2.39. The molecule has 0 atom stereocenters. The average Bonchev–Trinajstić information content (AvgIpc) is 2.88. The SMILES string of the molecule is C=C(OCC)N(C)CCOc1ccc(/C(=C(/CC)c2ccccc2)c2ccc(OP(=O)(O)O)cc2)cc1. The molecular formula is C29H34NO6P. The van der Waals surface area contributed by atoms with Gasteiger partial charge < -0.3 is 18.9 Å². The van der Waals surface area contributed by atoms with Gasteiger partial charge in [-0.15, -0.1) is 0 Å². The van der Waals surface area contributed by atoms with E-state index in [1.807, 2.05) is 73.5 Å². The second-order valence-electron chi connectivity index (χ2n) is 8.30. The van der Waals surface area contributed by atoms with Crippen molar-refractivity contribution in [2.75, 3.05) is 26.8 Å². The van der Waals surface area contributed by atoms with Crippen molar-refractivity contribution >= 4 is 19.0 Å². The molecular weight excluding hydrogens is 489 g/mol. The van der Waals surface area contributed by atoms with E-state index in [1.54, 1.807) is 12.1 Å². The van der Waals surface area contributed by atoms with E-state index in [2.05, 4.69) is 25.6 Å². The smallest absolute Gasteiger partial charge is 0.492 e. The van der Waals surface area contributed by atoms with Crippen LogP contribution in [0.2, 0.25) is 0 Å². The summed E-state index contributed by atoms with van der Waals surface area (Å²) < 4.78 is 27.3. The maximum atomic E-state index is 11.2. The quantitative estimate of drug-likeness (QED) is 0.153. The maximum absolute atomic E-state index is 11.2. The lowest BCUT2D eigenvalue weighted by Gasteiger charge is -2.21. The standard InChI is InChI=1S/C29H34NO6P/c1-5-28(23-10-8-7-9-11-23)29(25-14-18-27(19-15-25)36-37(31,32)33)24-12-16-26(17-13-24)35-21-20-30(4)22(3)34-6-2/h7-19H,3,5-6,20-21H2,1-2,4H3,(H2,31,32,33)/b29-28+. The zero-order valence-electron chi connectivity index (χ0n) is 21.5. The summed E-state index contributed by atoms with van der Waals surface area (Å²) in [6.07, 6.45) is 0.786. The first-order valence-corrected chi connectivity index (χ1v) is 13.6. The Kier molecular flexibility index (Phi) is 9.98. The lowest BCUT2D eigenvalue weighted by molar-refractivity contribution is 0.127. The molecule has 0 heterocycles. The molecule has 0 amide bonds. The number of allylic oxidation sites excluding steroid dienone is 1. The number of rotatable bonds is 13. The number of nitrogens with zero attached hydrogens (tertiary/aromatic N) is 1. The summed E-state index contributed by atoms with van der Waals surface area (Å²) in [5, 5.41) is 0. The average molecular weight is 524 g/mol. The van der Waals surface area contributed by atoms with Gasteiger partial charge in [-0.3, -0.25) is 9.79 Å². The Labute approximate surface area is 218 Å². The highest BCUT2D eigenvalue weighted by molar-refractivity contribution is 7.46. The fourth-order valence-corrected chi connectivity index (χ4v) is 4.32. The molecule has 0 unspecified atom stereocenters. The van der Waals surface area contributed by atoms with Gasteiger partial charge in [0.25, 0.3) is 0 Å². The van der Waals surface area contributed by atoms with E-state index >= 15 is 0 Å². The molecule has 0 bridgehead atoms. The van der Waals surface area contributed by atoms with Crippen molar-refractivity contribution in [1.29, 1.82) is 0 Å². The highest BCUT2D eigenvalue weighted by atomic mass is 31.2. The minimum Gasteiger partial charge on any atom is -0.492 e. The van der Waals surface area contributed by atoms with Gasteiger partial charge >= 0.3 is 7.82 Å². The number of phosphoric acid groups is 1. The van der Waals surface area contributed by atoms with E-state index in [0.29, 0.717) is 25.6 Å². The number of hydrogen-bond donors (Lipinski definition) is 2. The molecule has 0 aromatic heterocycles. The van der Waals surface area contributed by atoms with Crippen molar-refractivity contribution in [1.82, 2.24) is 4.90 Å². The first kappa shape index (κ1) is 28.1. The van der Waals surface area contributed by atoms with Crippen LogP contribution in [-0.4, -0.2) is 41.5 Å². The van der Waals surface area contributed by atoms with Crippen molar-refractivity contribution in [2.24, 2.45) is 0 Å². The molecule has 196 valence electrons. The molecule has 0 saturated heterocycles. The summed E-state index contributed by atoms with van der Waals surface area (Å²) in [6.45, 7) is 9.63. The van der Waals surface area contributed by atoms with Crippen LogP contribution in [0.15, 0.2) is 91.3 Å². The molecule has 8 heteroatoms. The van der Waals surface area contributed by atoms with Crippen molar-refractivity contribution < 1.29 is 28.3 Å². The van der Waals surface area contributed by atoms with Crippen LogP contribution >= 0.6 is 7.82 Å². The topological polar surface area (TPSA) is 88.5 Å². The Morgan fingerprint density at radius 3 is 1.95 bits per heavy atom. The van der Waals surface area contributed by atoms with Gasteiger partial charge in [0.05, 0.1) is 13.2 Å². The first-order chi connectivity index (χ1) is 17.7. The minimum absolute atomic E-state index is 0.106. The number of likely N-dealkylation sites (N-methyl/N-ethyl adjacent to an activating group) is 1. The van der Waals surface area contributed by atoms with Gasteiger partial charge in [-0.1, -0.05) is 61.5 Å². The lowest BCUT2D eigenvalue weighted by Crippen LogP contribution is -2.24. The molecule has 3 aromatic rings. The van der Waals surface area contributed by atoms with E-state index in [9.17, 15) is 4.57 Å². The second-order valence-corrected chi connectivity index (χ2v) is 9.46. The Balaban J connectivity index is 1.89. The Morgan fingerprint density at radius 2 is 1.43 bits per heavy atom. The third-order valence-corrected chi connectivity index (χ3v) is 6.17. The van der Waals surface area contributed by atoms with Crippen LogP contribution in [0.25, 0.3) is 11.1 Å². The van der Waals surface area contributed by atoms with E-state index in [1.165, 1.54) is 0 Å². The molecule has 37 heavy (non-hydrogen) atoms. The van der Waals surface area contributed by atoms with Crippen molar-refractivity contribution in [3.8, 4) is 11.5 Å². The minimum atomic E-state index is -4.63. The lowest BCUT2D eigenvalue weighted by atomic mass is 9.88. The van der Waals surface area contributed by atoms with Crippen molar-refractivity contribution in [3.63, 3.8) is 0 Å². The molecule has 0 radical (unpaired) electrons. The highest BCUT2D eigenvalue weighted by Gasteiger charge is 2.17. The number of ether oxygens (including phenoxy) is 2. The first-order valence-electron chi connectivity index (χ1n) is 12.1. The summed E-state index contributed by atoms with van der Waals surface area (Å²) in [6, 6.07) is 24.8. The van der Waals surface area contributed by atoms with Crippen LogP contribution in [0.1, 0.15) is 37.0 Å². The van der Waals surface area contributed by atoms with Crippen LogP contribution in [-0.2, 0) is 9.30 Å². The Bertz CT molecular complexity index is 1230. The van der Waals surface area contributed by atoms with E-state index in [0.717, 1.165) is 40.0 Å². The van der Waals surface area contributed by atoms with Gasteiger partial charge in [-0.25, -0.2) is 4.57 Å². The van der Waals surface area contributed by atoms with Gasteiger partial charge in [0, 0.05) is 7.05 Å². The Hall–Kier alpha value is -3.51. The van der Waals surface area contributed by atoms with Crippen LogP contribution in [0.4, 0.5) is 0 Å². The van der Waals surface area contributed by atoms with Gasteiger partial charge in [-0.2, -0.15) is 0 Å². The fourth-order valence-electron chi connectivity index (χ4n) is 3.92. The van der Waals surface area contributed by atoms with E-state index < -0.39 is 7.82 Å². The zero-order chi connectivity index (χ0) is 26.8. The molecule has 3 rings (SSSR count). The molecule has 0 aliphatic rings. The molecule has 0 fully saturated rings. The third kappa shape index (κ3) is 8.25. The molecule has 2 N–H and O–H groups in total. The fraction of sp³-hybridized carbons (Fsp3) is 0.241. The van der Waals surface area contributed by atoms with Gasteiger partial charge in [0.2, 0.25) is 0 Å². The number of phosphoric ester groups is 1. The second kappa shape index (κ2) is 13.2. The van der Waals surface area contributed by atoms with E-state index in [4.69, 9.17) is 23.8 Å². The van der Waals surface area contributed by atoms with Crippen LogP contribution in [0, 0.1) is 0 Å². The summed E-state index contributed by atoms with van der Waals surface area (Å²) in [7, 11) is -2.72. The molecule has 3 aromatic carbocycles. The molecule has 0 aliphatic carbocycles. The van der Waals surface area contributed by atoms with Crippen molar-refractivity contribution in [3.05, 3.63) is 108 Å². The molecule has 0 aliphatic heterocycles. The number of hydrogen-bond acceptors (Lipinski definition) is 5. The van der Waals surface area contributed by atoms with E-state index in [-0.39, 0.29) is 5.75 Å². The monoisotopic (exact) mass is 523 g/mol. The summed E-state index contributed by atoms with van der Waals surface area (Å²) in [4.78, 5) is 20.2. The van der Waals surface area contributed by atoms with Crippen LogP contribution in [0.5, 0.6) is 11.5 Å². The van der Waals surface area contributed by atoms with Gasteiger partial charge in [0.15, 0.2) is 5.88 Å². The molecule has 0 saturated carbocycles. The summed E-state index contributed by atoms with van der Waals surface area (Å²) in [5.74, 6) is 1.47. The molecule has 7 nitrogen and oxygen atoms in total. The van der Waals surface area contributed by atoms with Crippen LogP contribution in [0.3, 0.4) is 0 Å². The normalized spacial score (nSPS) is 11.9. The Morgan fingerprint density at radius 1 is 0.865 bits per heavy atom. The zero-order valence-corrected chi connectivity index (χ0v) is 22.4.